The lowest BCUT2D eigenvalue weighted by molar-refractivity contribution is 0.0949. The summed E-state index contributed by atoms with van der Waals surface area (Å²) in [6.45, 7) is 0. The Morgan fingerprint density at radius 2 is 2.30 bits per heavy atom. The van der Waals surface area contributed by atoms with Crippen LogP contribution < -0.4 is 10.2 Å². The van der Waals surface area contributed by atoms with E-state index in [0.29, 0.717) is 5.75 Å². The van der Waals surface area contributed by atoms with Crippen LogP contribution in [0.2, 0.25) is 0 Å². The van der Waals surface area contributed by atoms with Crippen molar-refractivity contribution in [1.82, 2.24) is 15.4 Å². The van der Waals surface area contributed by atoms with Crippen LogP contribution in [0.3, 0.4) is 0 Å². The van der Waals surface area contributed by atoms with Crippen molar-refractivity contribution in [2.24, 2.45) is 5.10 Å². The fraction of sp³-hybridized carbons (Fsp3) is 0.0769. The maximum Gasteiger partial charge on any atom is 0.291 e. The average Bonchev–Trinajstić information content (AvgIpc) is 2.48. The van der Waals surface area contributed by atoms with Crippen LogP contribution in [-0.4, -0.2) is 29.2 Å². The van der Waals surface area contributed by atoms with Crippen molar-refractivity contribution in [2.75, 3.05) is 7.11 Å². The van der Waals surface area contributed by atoms with Gasteiger partial charge in [-0.2, -0.15) is 5.10 Å². The molecule has 0 radical (unpaired) electrons. The molecule has 102 valence electrons. The highest BCUT2D eigenvalue weighted by Gasteiger charge is 2.05. The minimum Gasteiger partial charge on any atom is -0.496 e. The van der Waals surface area contributed by atoms with Crippen LogP contribution in [0.15, 0.2) is 46.4 Å². The number of benzene rings is 1. The zero-order chi connectivity index (χ0) is 14.4. The zero-order valence-electron chi connectivity index (χ0n) is 10.6. The SMILES string of the molecule is COc1ccc(Br)cc1C=NNC(=O)c1cnccn1. The largest absolute Gasteiger partial charge is 0.496 e. The van der Waals surface area contributed by atoms with E-state index in [9.17, 15) is 4.79 Å². The van der Waals surface area contributed by atoms with Crippen molar-refractivity contribution in [3.05, 3.63) is 52.5 Å². The van der Waals surface area contributed by atoms with Gasteiger partial charge in [0.1, 0.15) is 11.4 Å². The molecule has 1 amide bonds. The average molecular weight is 335 g/mol. The minimum absolute atomic E-state index is 0.200. The van der Waals surface area contributed by atoms with Crippen molar-refractivity contribution in [3.63, 3.8) is 0 Å². The smallest absolute Gasteiger partial charge is 0.291 e. The van der Waals surface area contributed by atoms with Gasteiger partial charge in [0.2, 0.25) is 0 Å². The van der Waals surface area contributed by atoms with Gasteiger partial charge in [0.15, 0.2) is 0 Å². The lowest BCUT2D eigenvalue weighted by Crippen LogP contribution is -2.19. The van der Waals surface area contributed by atoms with Crippen LogP contribution in [0.25, 0.3) is 0 Å². The number of hydrogen-bond donors (Lipinski definition) is 1. The Labute approximate surface area is 124 Å². The van der Waals surface area contributed by atoms with Crippen LogP contribution in [-0.2, 0) is 0 Å². The van der Waals surface area contributed by atoms with Crippen molar-refractivity contribution >= 4 is 28.1 Å². The molecule has 1 aromatic heterocycles. The van der Waals surface area contributed by atoms with Gasteiger partial charge in [-0.25, -0.2) is 10.4 Å². The highest BCUT2D eigenvalue weighted by atomic mass is 79.9. The van der Waals surface area contributed by atoms with E-state index in [4.69, 9.17) is 4.74 Å². The normalized spacial score (nSPS) is 10.5. The quantitative estimate of drug-likeness (QED) is 0.685. The fourth-order valence-corrected chi connectivity index (χ4v) is 1.82. The van der Waals surface area contributed by atoms with Crippen LogP contribution in [0.4, 0.5) is 0 Å². The molecule has 0 spiro atoms. The first kappa shape index (κ1) is 14.1. The molecule has 0 fully saturated rings. The number of hydrogen-bond acceptors (Lipinski definition) is 5. The number of amides is 1. The molecule has 0 bridgehead atoms. The number of carbonyl (C=O) groups excluding carboxylic acids is 1. The van der Waals surface area contributed by atoms with Crippen LogP contribution in [0, 0.1) is 0 Å². The summed E-state index contributed by atoms with van der Waals surface area (Å²) in [7, 11) is 1.57. The van der Waals surface area contributed by atoms with Crippen molar-refractivity contribution in [1.29, 1.82) is 0 Å². The van der Waals surface area contributed by atoms with E-state index < -0.39 is 5.91 Å². The topological polar surface area (TPSA) is 76.5 Å². The lowest BCUT2D eigenvalue weighted by atomic mass is 10.2. The third-order valence-corrected chi connectivity index (χ3v) is 2.85. The van der Waals surface area contributed by atoms with Gasteiger partial charge in [0, 0.05) is 22.4 Å². The minimum atomic E-state index is -0.427. The molecule has 0 unspecified atom stereocenters. The van der Waals surface area contributed by atoms with Gasteiger partial charge >= 0.3 is 0 Å². The van der Waals surface area contributed by atoms with Gasteiger partial charge in [-0.15, -0.1) is 0 Å². The third kappa shape index (κ3) is 3.61. The first-order valence-electron chi connectivity index (χ1n) is 5.63. The molecule has 0 aliphatic carbocycles. The molecule has 1 heterocycles. The summed E-state index contributed by atoms with van der Waals surface area (Å²) in [5.41, 5.74) is 3.31. The van der Waals surface area contributed by atoms with Gasteiger partial charge in [-0.3, -0.25) is 9.78 Å². The number of ether oxygens (including phenoxy) is 1. The summed E-state index contributed by atoms with van der Waals surface area (Å²) in [6.07, 6.45) is 5.80. The Kier molecular flexibility index (Phi) is 4.78. The summed E-state index contributed by atoms with van der Waals surface area (Å²) < 4.78 is 6.08. The molecular formula is C13H11BrN4O2. The summed E-state index contributed by atoms with van der Waals surface area (Å²) in [4.78, 5) is 19.4. The van der Waals surface area contributed by atoms with Crippen molar-refractivity contribution < 1.29 is 9.53 Å². The summed E-state index contributed by atoms with van der Waals surface area (Å²) >= 11 is 3.36. The molecule has 0 saturated carbocycles. The lowest BCUT2D eigenvalue weighted by Gasteiger charge is -2.04. The summed E-state index contributed by atoms with van der Waals surface area (Å²) in [5.74, 6) is 0.231. The maximum atomic E-state index is 11.7. The highest BCUT2D eigenvalue weighted by Crippen LogP contribution is 2.21. The Hall–Kier alpha value is -2.28. The Balaban J connectivity index is 2.07. The number of methoxy groups -OCH3 is 1. The molecule has 0 aliphatic heterocycles. The Bertz CT molecular complexity index is 632. The van der Waals surface area contributed by atoms with E-state index >= 15 is 0 Å². The summed E-state index contributed by atoms with van der Waals surface area (Å²) in [5, 5.41) is 3.87. The number of nitrogens with one attached hydrogen (secondary N) is 1. The molecule has 0 atom stereocenters. The maximum absolute atomic E-state index is 11.7. The number of halogens is 1. The molecule has 0 aliphatic rings. The molecule has 1 N–H and O–H groups in total. The second-order valence-corrected chi connectivity index (χ2v) is 4.59. The zero-order valence-corrected chi connectivity index (χ0v) is 12.2. The van der Waals surface area contributed by atoms with Crippen LogP contribution in [0.1, 0.15) is 16.1 Å². The first-order chi connectivity index (χ1) is 9.70. The van der Waals surface area contributed by atoms with E-state index in [1.807, 2.05) is 12.1 Å². The van der Waals surface area contributed by atoms with E-state index in [0.717, 1.165) is 10.0 Å². The molecule has 7 heteroatoms. The second kappa shape index (κ2) is 6.76. The fourth-order valence-electron chi connectivity index (χ4n) is 1.44. The molecule has 2 aromatic rings. The molecule has 6 nitrogen and oxygen atoms in total. The molecule has 1 aromatic carbocycles. The molecular weight excluding hydrogens is 324 g/mol. The van der Waals surface area contributed by atoms with E-state index in [1.165, 1.54) is 24.8 Å². The van der Waals surface area contributed by atoms with Crippen LogP contribution >= 0.6 is 15.9 Å². The number of aromatic nitrogens is 2. The Morgan fingerprint density at radius 1 is 1.45 bits per heavy atom. The van der Waals surface area contributed by atoms with Gasteiger partial charge in [0.25, 0.3) is 5.91 Å². The number of carbonyl (C=O) groups is 1. The Morgan fingerprint density at radius 3 is 3.00 bits per heavy atom. The molecule has 2 rings (SSSR count). The van der Waals surface area contributed by atoms with E-state index in [1.54, 1.807) is 13.2 Å². The number of nitrogens with zero attached hydrogens (tertiary/aromatic N) is 3. The predicted octanol–water partition coefficient (Wildman–Crippen LogP) is 2.01. The van der Waals surface area contributed by atoms with Crippen molar-refractivity contribution in [2.45, 2.75) is 0 Å². The van der Waals surface area contributed by atoms with Gasteiger partial charge < -0.3 is 4.74 Å². The van der Waals surface area contributed by atoms with Crippen LogP contribution in [0.5, 0.6) is 5.75 Å². The molecule has 0 saturated heterocycles. The number of hydrazone groups is 1. The van der Waals surface area contributed by atoms with Gasteiger partial charge in [0.05, 0.1) is 19.5 Å². The molecule has 20 heavy (non-hydrogen) atoms. The number of rotatable bonds is 4. The standard InChI is InChI=1S/C13H11BrN4O2/c1-20-12-3-2-10(14)6-9(12)7-17-18-13(19)11-8-15-4-5-16-11/h2-8H,1H3,(H,18,19). The first-order valence-corrected chi connectivity index (χ1v) is 6.43. The van der Waals surface area contributed by atoms with E-state index in [2.05, 4.69) is 36.4 Å². The third-order valence-electron chi connectivity index (χ3n) is 2.36. The van der Waals surface area contributed by atoms with Gasteiger partial charge in [-0.1, -0.05) is 15.9 Å². The van der Waals surface area contributed by atoms with E-state index in [-0.39, 0.29) is 5.69 Å². The predicted molar refractivity (Wildman–Crippen MR) is 77.8 cm³/mol. The highest BCUT2D eigenvalue weighted by molar-refractivity contribution is 9.10. The summed E-state index contributed by atoms with van der Waals surface area (Å²) in [6, 6.07) is 5.49. The monoisotopic (exact) mass is 334 g/mol. The van der Waals surface area contributed by atoms with Gasteiger partial charge in [-0.05, 0) is 18.2 Å². The van der Waals surface area contributed by atoms with Crippen molar-refractivity contribution in [3.8, 4) is 5.75 Å². The second-order valence-electron chi connectivity index (χ2n) is 3.68.